The van der Waals surface area contributed by atoms with Gasteiger partial charge in [-0.05, 0) is 12.1 Å². The molecule has 124 valence electrons. The minimum Gasteiger partial charge on any atom is -0.384 e. The molecule has 9 nitrogen and oxygen atoms in total. The summed E-state index contributed by atoms with van der Waals surface area (Å²) in [7, 11) is 1.33. The van der Waals surface area contributed by atoms with Gasteiger partial charge in [0.15, 0.2) is 0 Å². The zero-order chi connectivity index (χ0) is 18.0. The molecule has 2 aromatic rings. The van der Waals surface area contributed by atoms with E-state index in [2.05, 4.69) is 5.32 Å². The van der Waals surface area contributed by atoms with Gasteiger partial charge in [0, 0.05) is 13.1 Å². The number of fused-ring (bicyclic) bond motifs is 2. The van der Waals surface area contributed by atoms with Crippen molar-refractivity contribution in [3.8, 4) is 5.69 Å². The fourth-order valence-corrected chi connectivity index (χ4v) is 3.10. The first-order valence-corrected chi connectivity index (χ1v) is 7.20. The summed E-state index contributed by atoms with van der Waals surface area (Å²) < 4.78 is 0.959. The number of benzene rings is 1. The fourth-order valence-electron chi connectivity index (χ4n) is 3.10. The Morgan fingerprint density at radius 1 is 0.920 bits per heavy atom. The van der Waals surface area contributed by atoms with Crippen LogP contribution in [0.4, 0.5) is 5.82 Å². The Bertz CT molecular complexity index is 1100. The van der Waals surface area contributed by atoms with Crippen LogP contribution in [0.5, 0.6) is 0 Å². The monoisotopic (exact) mass is 338 g/mol. The molecule has 2 aliphatic heterocycles. The van der Waals surface area contributed by atoms with Gasteiger partial charge in [0.25, 0.3) is 29.2 Å². The molecule has 25 heavy (non-hydrogen) atoms. The van der Waals surface area contributed by atoms with Crippen molar-refractivity contribution in [3.63, 3.8) is 0 Å². The highest BCUT2D eigenvalue weighted by atomic mass is 16.2. The topological polar surface area (TPSA) is 132 Å². The highest BCUT2D eigenvalue weighted by molar-refractivity contribution is 6.24. The van der Waals surface area contributed by atoms with Crippen molar-refractivity contribution in [2.75, 3.05) is 12.8 Å². The van der Waals surface area contributed by atoms with Crippen molar-refractivity contribution in [2.24, 2.45) is 0 Å². The number of imide groups is 2. The van der Waals surface area contributed by atoms with Crippen molar-refractivity contribution in [1.29, 1.82) is 0 Å². The number of nitrogens with zero attached hydrogens (tertiary/aromatic N) is 2. The second-order valence-corrected chi connectivity index (χ2v) is 5.64. The highest BCUT2D eigenvalue weighted by Crippen LogP contribution is 2.30. The van der Waals surface area contributed by atoms with Crippen molar-refractivity contribution >= 4 is 29.4 Å². The lowest BCUT2D eigenvalue weighted by molar-refractivity contribution is 0.0692. The molecular weight excluding hydrogens is 328 g/mol. The summed E-state index contributed by atoms with van der Waals surface area (Å²) >= 11 is 0. The third kappa shape index (κ3) is 1.74. The van der Waals surface area contributed by atoms with E-state index in [0.29, 0.717) is 0 Å². The van der Waals surface area contributed by atoms with E-state index in [0.717, 1.165) is 15.5 Å². The summed E-state index contributed by atoms with van der Waals surface area (Å²) in [4.78, 5) is 61.6. The first kappa shape index (κ1) is 14.8. The Balaban J connectivity index is 2.08. The Labute approximate surface area is 139 Å². The summed E-state index contributed by atoms with van der Waals surface area (Å²) in [5.41, 5.74) is 5.27. The molecule has 0 unspecified atom stereocenters. The van der Waals surface area contributed by atoms with E-state index in [1.54, 1.807) is 0 Å². The predicted molar refractivity (Wildman–Crippen MR) is 84.7 cm³/mol. The largest absolute Gasteiger partial charge is 0.384 e. The van der Waals surface area contributed by atoms with Crippen LogP contribution in [0.25, 0.3) is 5.69 Å². The molecule has 1 aromatic carbocycles. The van der Waals surface area contributed by atoms with Crippen molar-refractivity contribution in [2.45, 2.75) is 0 Å². The third-order valence-electron chi connectivity index (χ3n) is 4.29. The zero-order valence-electron chi connectivity index (χ0n) is 12.8. The van der Waals surface area contributed by atoms with Crippen LogP contribution in [0.1, 0.15) is 41.4 Å². The second-order valence-electron chi connectivity index (χ2n) is 5.64. The van der Waals surface area contributed by atoms with E-state index in [9.17, 15) is 24.0 Å². The molecule has 3 heterocycles. The van der Waals surface area contributed by atoms with Gasteiger partial charge in [0.2, 0.25) is 0 Å². The van der Waals surface area contributed by atoms with Gasteiger partial charge in [-0.25, -0.2) is 0 Å². The first-order valence-electron chi connectivity index (χ1n) is 7.20. The quantitative estimate of drug-likeness (QED) is 0.676. The van der Waals surface area contributed by atoms with Crippen molar-refractivity contribution in [1.82, 2.24) is 14.8 Å². The number of hydrogen-bond donors (Lipinski definition) is 2. The third-order valence-corrected chi connectivity index (χ3v) is 4.29. The van der Waals surface area contributed by atoms with Crippen LogP contribution in [-0.2, 0) is 0 Å². The van der Waals surface area contributed by atoms with Crippen LogP contribution >= 0.6 is 0 Å². The summed E-state index contributed by atoms with van der Waals surface area (Å²) in [6.45, 7) is 0. The number of rotatable bonds is 1. The highest BCUT2D eigenvalue weighted by Gasteiger charge is 2.37. The van der Waals surface area contributed by atoms with E-state index in [1.807, 2.05) is 0 Å². The van der Waals surface area contributed by atoms with Crippen molar-refractivity contribution in [3.05, 3.63) is 56.9 Å². The second kappa shape index (κ2) is 4.63. The standard InChI is InChI=1S/C16H10N4O5/c1-19-15(24)6-3-2-4-8(10(6)16(19)25)20-9(21)5-7-11(12(20)17)14(23)18-13(7)22/h2-5H,17H2,1H3,(H,18,22,23). The smallest absolute Gasteiger partial charge is 0.263 e. The molecule has 4 amide bonds. The van der Waals surface area contributed by atoms with Gasteiger partial charge >= 0.3 is 0 Å². The molecule has 0 atom stereocenters. The molecule has 0 spiro atoms. The van der Waals surface area contributed by atoms with Gasteiger partial charge in [0.1, 0.15) is 5.82 Å². The first-order chi connectivity index (χ1) is 11.8. The SMILES string of the molecule is CN1C(=O)c2cccc(-n3c(N)c4c(cc3=O)C(=O)NC4=O)c2C1=O. The Kier molecular flexibility index (Phi) is 2.75. The lowest BCUT2D eigenvalue weighted by Crippen LogP contribution is -2.27. The molecule has 9 heteroatoms. The lowest BCUT2D eigenvalue weighted by atomic mass is 10.1. The minimum absolute atomic E-state index is 0.0217. The van der Waals surface area contributed by atoms with E-state index >= 15 is 0 Å². The molecule has 0 aliphatic carbocycles. The number of carbonyl (C=O) groups excluding carboxylic acids is 4. The number of nitrogens with two attached hydrogens (primary N) is 1. The molecule has 1 aromatic heterocycles. The van der Waals surface area contributed by atoms with E-state index < -0.39 is 29.2 Å². The number of carbonyl (C=O) groups is 4. The molecule has 3 N–H and O–H groups in total. The summed E-state index contributed by atoms with van der Waals surface area (Å²) in [5.74, 6) is -2.78. The number of amides is 4. The Morgan fingerprint density at radius 3 is 2.36 bits per heavy atom. The minimum atomic E-state index is -0.724. The number of hydrogen-bond acceptors (Lipinski definition) is 6. The summed E-state index contributed by atoms with van der Waals surface area (Å²) in [5, 5.41) is 2.06. The maximum atomic E-state index is 12.5. The molecule has 2 aliphatic rings. The van der Waals surface area contributed by atoms with Gasteiger partial charge in [0.05, 0.1) is 27.9 Å². The van der Waals surface area contributed by atoms with Gasteiger partial charge in [-0.2, -0.15) is 0 Å². The predicted octanol–water partition coefficient (Wildman–Crippen LogP) is -0.471. The van der Waals surface area contributed by atoms with Gasteiger partial charge in [-0.3, -0.25) is 38.8 Å². The number of anilines is 1. The molecule has 0 saturated carbocycles. The maximum Gasteiger partial charge on any atom is 0.263 e. The number of nitrogens with one attached hydrogen (secondary N) is 1. The van der Waals surface area contributed by atoms with Gasteiger partial charge < -0.3 is 5.73 Å². The molecule has 0 radical (unpaired) electrons. The van der Waals surface area contributed by atoms with Crippen LogP contribution in [0, 0.1) is 0 Å². The molecule has 0 fully saturated rings. The normalized spacial score (nSPS) is 15.5. The maximum absolute atomic E-state index is 12.5. The van der Waals surface area contributed by atoms with Crippen LogP contribution in [0.3, 0.4) is 0 Å². The number of nitrogen functional groups attached to an aromatic ring is 1. The summed E-state index contributed by atoms with van der Waals surface area (Å²) in [6, 6.07) is 5.40. The van der Waals surface area contributed by atoms with E-state index in [-0.39, 0.29) is 33.8 Å². The average molecular weight is 338 g/mol. The average Bonchev–Trinajstić information content (AvgIpc) is 2.97. The van der Waals surface area contributed by atoms with Crippen LogP contribution < -0.4 is 16.6 Å². The molecular formula is C16H10N4O5. The molecule has 4 rings (SSSR count). The van der Waals surface area contributed by atoms with Crippen LogP contribution in [0.15, 0.2) is 29.1 Å². The summed E-state index contributed by atoms with van der Waals surface area (Å²) in [6.07, 6.45) is 0. The fraction of sp³-hybridized carbons (Fsp3) is 0.0625. The number of pyridine rings is 1. The van der Waals surface area contributed by atoms with Crippen LogP contribution in [-0.4, -0.2) is 40.1 Å². The van der Waals surface area contributed by atoms with E-state index in [4.69, 9.17) is 5.73 Å². The lowest BCUT2D eigenvalue weighted by Gasteiger charge is -2.14. The van der Waals surface area contributed by atoms with Gasteiger partial charge in [-0.1, -0.05) is 6.07 Å². The van der Waals surface area contributed by atoms with Crippen LogP contribution in [0.2, 0.25) is 0 Å². The van der Waals surface area contributed by atoms with Gasteiger partial charge in [-0.15, -0.1) is 0 Å². The number of aromatic nitrogens is 1. The Morgan fingerprint density at radius 2 is 1.64 bits per heavy atom. The van der Waals surface area contributed by atoms with Crippen molar-refractivity contribution < 1.29 is 19.2 Å². The molecule has 0 bridgehead atoms. The van der Waals surface area contributed by atoms with E-state index in [1.165, 1.54) is 25.2 Å². The molecule has 0 saturated heterocycles. The Hall–Kier alpha value is -3.75. The zero-order valence-corrected chi connectivity index (χ0v) is 12.8.